The van der Waals surface area contributed by atoms with Crippen LogP contribution in [0.1, 0.15) is 20.7 Å². The molecule has 8 heteroatoms. The van der Waals surface area contributed by atoms with Crippen LogP contribution in [-0.4, -0.2) is 22.2 Å². The van der Waals surface area contributed by atoms with Crippen molar-refractivity contribution >= 4 is 56.7 Å². The maximum absolute atomic E-state index is 11.2. The lowest BCUT2D eigenvalue weighted by atomic mass is 10.2. The summed E-state index contributed by atoms with van der Waals surface area (Å²) in [5.41, 5.74) is 0.131. The van der Waals surface area contributed by atoms with Crippen molar-refractivity contribution in [2.24, 2.45) is 0 Å². The Morgan fingerprint density at radius 1 is 0.773 bits per heavy atom. The number of aromatic carboxylic acids is 2. The first-order valence-electron chi connectivity index (χ1n) is 5.78. The zero-order valence-corrected chi connectivity index (χ0v) is 13.9. The molecule has 0 amide bonds. The van der Waals surface area contributed by atoms with Crippen molar-refractivity contribution in [1.29, 1.82) is 0 Å². The lowest BCUT2D eigenvalue weighted by molar-refractivity contribution is 0.0682. The standard InChI is InChI=1S/C14H8Cl2O4S2/c15-7-1-3-11(9(5-7)13(17)18)21-22-12-4-2-8(16)6-10(12)14(19)20/h1-6H,(H,17,18)(H,19,20). The predicted octanol–water partition coefficient (Wildman–Crippen LogP) is 5.19. The molecule has 0 aliphatic carbocycles. The van der Waals surface area contributed by atoms with Crippen LogP contribution in [0.3, 0.4) is 0 Å². The van der Waals surface area contributed by atoms with Crippen LogP contribution in [0.5, 0.6) is 0 Å². The number of rotatable bonds is 5. The number of hydrogen-bond acceptors (Lipinski definition) is 4. The van der Waals surface area contributed by atoms with E-state index in [0.29, 0.717) is 19.8 Å². The number of carboxylic acids is 2. The highest BCUT2D eigenvalue weighted by Crippen LogP contribution is 2.41. The number of hydrogen-bond donors (Lipinski definition) is 2. The van der Waals surface area contributed by atoms with E-state index in [0.717, 1.165) is 21.6 Å². The molecule has 4 nitrogen and oxygen atoms in total. The molecule has 0 spiro atoms. The molecule has 2 aromatic rings. The van der Waals surface area contributed by atoms with Crippen molar-refractivity contribution in [3.8, 4) is 0 Å². The van der Waals surface area contributed by atoms with Crippen molar-refractivity contribution in [1.82, 2.24) is 0 Å². The van der Waals surface area contributed by atoms with E-state index in [1.807, 2.05) is 0 Å². The van der Waals surface area contributed by atoms with Crippen molar-refractivity contribution in [2.45, 2.75) is 9.79 Å². The summed E-state index contributed by atoms with van der Waals surface area (Å²) in [4.78, 5) is 23.4. The smallest absolute Gasteiger partial charge is 0.336 e. The van der Waals surface area contributed by atoms with Gasteiger partial charge in [0, 0.05) is 19.8 Å². The van der Waals surface area contributed by atoms with Gasteiger partial charge >= 0.3 is 11.9 Å². The van der Waals surface area contributed by atoms with Gasteiger partial charge in [-0.25, -0.2) is 9.59 Å². The lowest BCUT2D eigenvalue weighted by Crippen LogP contribution is -1.99. The molecule has 2 N–H and O–H groups in total. The topological polar surface area (TPSA) is 74.6 Å². The molecule has 0 aliphatic rings. The molecular formula is C14H8Cl2O4S2. The Labute approximate surface area is 143 Å². The van der Waals surface area contributed by atoms with E-state index in [4.69, 9.17) is 23.2 Å². The minimum Gasteiger partial charge on any atom is -0.478 e. The summed E-state index contributed by atoms with van der Waals surface area (Å²) in [5.74, 6) is -2.19. The fraction of sp³-hybridized carbons (Fsp3) is 0. The lowest BCUT2D eigenvalue weighted by Gasteiger charge is -2.08. The van der Waals surface area contributed by atoms with E-state index < -0.39 is 11.9 Å². The van der Waals surface area contributed by atoms with Crippen LogP contribution in [0.4, 0.5) is 0 Å². The molecule has 114 valence electrons. The number of carbonyl (C=O) groups is 2. The van der Waals surface area contributed by atoms with Crippen molar-refractivity contribution in [2.75, 3.05) is 0 Å². The summed E-state index contributed by atoms with van der Waals surface area (Å²) in [5, 5.41) is 19.0. The summed E-state index contributed by atoms with van der Waals surface area (Å²) in [6.45, 7) is 0. The van der Waals surface area contributed by atoms with Crippen LogP contribution in [0.25, 0.3) is 0 Å². The van der Waals surface area contributed by atoms with Gasteiger partial charge in [0.15, 0.2) is 0 Å². The fourth-order valence-corrected chi connectivity index (χ4v) is 4.23. The fourth-order valence-electron chi connectivity index (χ4n) is 1.57. The quantitative estimate of drug-likeness (QED) is 0.701. The van der Waals surface area contributed by atoms with Gasteiger partial charge in [0.1, 0.15) is 0 Å². The van der Waals surface area contributed by atoms with Gasteiger partial charge in [-0.2, -0.15) is 0 Å². The summed E-state index contributed by atoms with van der Waals surface area (Å²) in [6.07, 6.45) is 0. The average Bonchev–Trinajstić information content (AvgIpc) is 2.46. The highest BCUT2D eigenvalue weighted by molar-refractivity contribution is 8.76. The van der Waals surface area contributed by atoms with Crippen LogP contribution >= 0.6 is 44.8 Å². The first kappa shape index (κ1) is 17.0. The largest absolute Gasteiger partial charge is 0.478 e. The van der Waals surface area contributed by atoms with Gasteiger partial charge in [-0.1, -0.05) is 44.8 Å². The zero-order valence-electron chi connectivity index (χ0n) is 10.7. The van der Waals surface area contributed by atoms with Crippen molar-refractivity contribution in [3.05, 3.63) is 57.6 Å². The molecule has 0 saturated carbocycles. The van der Waals surface area contributed by atoms with E-state index in [1.165, 1.54) is 12.1 Å². The average molecular weight is 375 g/mol. The maximum atomic E-state index is 11.2. The molecule has 2 rings (SSSR count). The number of halogens is 2. The number of benzene rings is 2. The third kappa shape index (κ3) is 4.10. The maximum Gasteiger partial charge on any atom is 0.336 e. The third-order valence-corrected chi connectivity index (χ3v) is 5.52. The van der Waals surface area contributed by atoms with E-state index in [-0.39, 0.29) is 11.1 Å². The molecule has 0 atom stereocenters. The molecule has 0 aliphatic heterocycles. The Hall–Kier alpha value is -1.34. The Morgan fingerprint density at radius 3 is 1.45 bits per heavy atom. The van der Waals surface area contributed by atoms with Gasteiger partial charge in [-0.05, 0) is 36.4 Å². The van der Waals surface area contributed by atoms with Crippen molar-refractivity contribution < 1.29 is 19.8 Å². The molecule has 0 unspecified atom stereocenters. The van der Waals surface area contributed by atoms with Gasteiger partial charge in [0.25, 0.3) is 0 Å². The van der Waals surface area contributed by atoms with Crippen LogP contribution in [0.2, 0.25) is 10.0 Å². The van der Waals surface area contributed by atoms with Gasteiger partial charge < -0.3 is 10.2 Å². The highest BCUT2D eigenvalue weighted by atomic mass is 35.5. The first-order valence-corrected chi connectivity index (χ1v) is 8.69. The Morgan fingerprint density at radius 2 is 1.14 bits per heavy atom. The molecule has 0 fully saturated rings. The zero-order chi connectivity index (χ0) is 16.3. The Balaban J connectivity index is 2.28. The Bertz CT molecular complexity index is 686. The minimum absolute atomic E-state index is 0.0656. The molecule has 22 heavy (non-hydrogen) atoms. The van der Waals surface area contributed by atoms with Crippen molar-refractivity contribution in [3.63, 3.8) is 0 Å². The second-order valence-corrected chi connectivity index (χ2v) is 7.14. The molecule has 0 radical (unpaired) electrons. The second-order valence-electron chi connectivity index (χ2n) is 4.06. The van der Waals surface area contributed by atoms with Crippen LogP contribution in [0, 0.1) is 0 Å². The van der Waals surface area contributed by atoms with Gasteiger partial charge in [-0.15, -0.1) is 0 Å². The Kier molecular flexibility index (Phi) is 5.63. The molecule has 0 aromatic heterocycles. The monoisotopic (exact) mass is 374 g/mol. The molecular weight excluding hydrogens is 367 g/mol. The number of carboxylic acid groups (broad SMARTS) is 2. The third-order valence-electron chi connectivity index (χ3n) is 2.57. The first-order chi connectivity index (χ1) is 10.4. The van der Waals surface area contributed by atoms with Gasteiger partial charge in [0.2, 0.25) is 0 Å². The summed E-state index contributed by atoms with van der Waals surface area (Å²) >= 11 is 11.6. The molecule has 0 saturated heterocycles. The van der Waals surface area contributed by atoms with Crippen LogP contribution < -0.4 is 0 Å². The summed E-state index contributed by atoms with van der Waals surface area (Å²) in [7, 11) is 2.29. The van der Waals surface area contributed by atoms with E-state index >= 15 is 0 Å². The van der Waals surface area contributed by atoms with E-state index in [2.05, 4.69) is 0 Å². The summed E-state index contributed by atoms with van der Waals surface area (Å²) < 4.78 is 0. The van der Waals surface area contributed by atoms with Crippen LogP contribution in [0.15, 0.2) is 46.2 Å². The molecule has 0 bridgehead atoms. The van der Waals surface area contributed by atoms with Gasteiger partial charge in [0.05, 0.1) is 11.1 Å². The normalized spacial score (nSPS) is 10.5. The van der Waals surface area contributed by atoms with E-state index in [9.17, 15) is 19.8 Å². The predicted molar refractivity (Wildman–Crippen MR) is 88.5 cm³/mol. The summed E-state index contributed by atoms with van der Waals surface area (Å²) in [6, 6.07) is 9.03. The SMILES string of the molecule is O=C(O)c1cc(Cl)ccc1SSc1ccc(Cl)cc1C(=O)O. The van der Waals surface area contributed by atoms with Gasteiger partial charge in [-0.3, -0.25) is 0 Å². The minimum atomic E-state index is -1.10. The highest BCUT2D eigenvalue weighted by Gasteiger charge is 2.15. The second kappa shape index (κ2) is 7.28. The van der Waals surface area contributed by atoms with E-state index in [1.54, 1.807) is 24.3 Å². The molecule has 0 heterocycles. The molecule has 2 aromatic carbocycles. The van der Waals surface area contributed by atoms with Crippen LogP contribution in [-0.2, 0) is 0 Å².